The third-order valence-corrected chi connectivity index (χ3v) is 0. The minimum absolute atomic E-state index is 0. The van der Waals surface area contributed by atoms with E-state index < -0.39 is 38.9 Å². The molecule has 0 saturated heterocycles. The molecule has 17 heavy (non-hydrogen) atoms. The largest absolute Gasteiger partial charge is 0.210 e. The second-order valence-corrected chi connectivity index (χ2v) is 4.68. The summed E-state index contributed by atoms with van der Waals surface area (Å²) in [7, 11) is 0. The van der Waals surface area contributed by atoms with Crippen LogP contribution < -0.4 is 64.0 Å². The summed E-state index contributed by atoms with van der Waals surface area (Å²) in [6.45, 7) is 0. The molecule has 0 aliphatic heterocycles. The van der Waals surface area contributed by atoms with Crippen molar-refractivity contribution in [1.82, 2.24) is 0 Å². The van der Waals surface area contributed by atoms with Crippen molar-refractivity contribution in [1.29, 1.82) is 0 Å². The van der Waals surface area contributed by atoms with Crippen LogP contribution in [0.25, 0.3) is 0 Å². The van der Waals surface area contributed by atoms with Crippen LogP contribution in [0.15, 0.2) is 0 Å². The van der Waals surface area contributed by atoms with Gasteiger partial charge in [0.2, 0.25) is 0 Å². The predicted molar refractivity (Wildman–Crippen MR) is 19.1 cm³/mol. The second kappa shape index (κ2) is 12.6. The summed E-state index contributed by atoms with van der Waals surface area (Å²) in [6.07, 6.45) is 0. The van der Waals surface area contributed by atoms with E-state index in [1.807, 2.05) is 0 Å². The zero-order valence-corrected chi connectivity index (χ0v) is 15.8. The topological polar surface area (TPSA) is 223 Å². The van der Waals surface area contributed by atoms with Gasteiger partial charge in [-0.15, -0.1) is 0 Å². The molecule has 0 N–H and O–H groups in total. The van der Waals surface area contributed by atoms with Gasteiger partial charge in [-0.1, -0.05) is 0 Å². The van der Waals surface area contributed by atoms with Gasteiger partial charge in [-0.05, 0) is 0 Å². The number of hydrogen-bond donors (Lipinski definition) is 0. The normalized spacial score (nSPS) is 10.1. The van der Waals surface area contributed by atoms with Gasteiger partial charge in [0.05, 0.1) is 0 Å². The SMILES string of the molecule is [K+].[O]=[Mn](=[O])(=[O])[O-].[O]=[Mn](=[O])(=[O])[O-].[O]=[Mn](=[O])(=[O])[O-].[SH4+2]. The quantitative estimate of drug-likeness (QED) is 0.326. The smallest absolute Gasteiger partial charge is 0.210 e. The monoisotopic (exact) mass is 432 g/mol. The standard InChI is InChI=1S/K.3Mn.12O.H4S/h;;;;;;;;;;;;;;;;1H4/q+1;;;;;;;;;;;;;3*-1;+2. The Morgan fingerprint density at radius 2 is 0.471 bits per heavy atom. The molecular weight excluding hydrogens is 428 g/mol. The minimum Gasteiger partial charge on any atom is -0.210 e. The molecule has 0 unspecified atom stereocenters. The van der Waals surface area contributed by atoms with Gasteiger partial charge in [0.1, 0.15) is 0 Å². The average Bonchev–Trinajstić information content (AvgIpc) is 1.41. The molecule has 0 aromatic rings. The summed E-state index contributed by atoms with van der Waals surface area (Å²) in [5.74, 6) is 0. The Morgan fingerprint density at radius 1 is 0.471 bits per heavy atom. The zero-order chi connectivity index (χ0) is 13.5. The van der Waals surface area contributed by atoms with Gasteiger partial charge in [0.25, 0.3) is 0 Å². The van der Waals surface area contributed by atoms with Gasteiger partial charge < -0.3 is 0 Å². The van der Waals surface area contributed by atoms with Crippen molar-refractivity contribution < 1.29 is 137 Å². The fourth-order valence-electron chi connectivity index (χ4n) is 0. The molecule has 0 aromatic heterocycles. The maximum Gasteiger partial charge on any atom is -0.210 e. The average molecular weight is 432 g/mol. The summed E-state index contributed by atoms with van der Waals surface area (Å²) in [4.78, 5) is 0. The Morgan fingerprint density at radius 3 is 0.471 bits per heavy atom. The zero-order valence-electron chi connectivity index (χ0n) is 7.74. The summed E-state index contributed by atoms with van der Waals surface area (Å²) >= 11 is -16.9. The Kier molecular flexibility index (Phi) is 23.2. The van der Waals surface area contributed by atoms with Gasteiger partial charge in [-0.3, -0.25) is 0 Å². The predicted octanol–water partition coefficient (Wildman–Crippen LogP) is -8.71. The molecule has 0 atom stereocenters. The summed E-state index contributed by atoms with van der Waals surface area (Å²) in [5, 5.41) is 0. The Hall–Kier alpha value is 1.62. The molecule has 0 heterocycles. The molecule has 17 heteroatoms. The molecule has 0 aliphatic carbocycles. The van der Waals surface area contributed by atoms with E-state index in [4.69, 9.17) is 47.1 Å². The molecular formula is H4KMn3O12S. The van der Waals surface area contributed by atoms with Crippen molar-refractivity contribution in [3.63, 3.8) is 0 Å². The molecule has 104 valence electrons. The van der Waals surface area contributed by atoms with E-state index in [1.54, 1.807) is 0 Å². The van der Waals surface area contributed by atoms with E-state index >= 15 is 0 Å². The van der Waals surface area contributed by atoms with E-state index in [9.17, 15) is 0 Å². The third-order valence-electron chi connectivity index (χ3n) is 0. The van der Waals surface area contributed by atoms with Gasteiger partial charge in [0, 0.05) is 0 Å². The first-order valence-corrected chi connectivity index (χ1v) is 7.63. The van der Waals surface area contributed by atoms with Gasteiger partial charge in [-0.25, -0.2) is 13.5 Å². The number of hydrogen-bond acceptors (Lipinski definition) is 12. The molecule has 0 radical (unpaired) electrons. The van der Waals surface area contributed by atoms with Gasteiger partial charge in [0.15, 0.2) is 0 Å². The first-order chi connectivity index (χ1) is 6.00. The molecule has 12 nitrogen and oxygen atoms in total. The van der Waals surface area contributed by atoms with Crippen LogP contribution in [0.2, 0.25) is 0 Å². The third kappa shape index (κ3) is 1630. The van der Waals surface area contributed by atoms with Gasteiger partial charge in [-0.2, -0.15) is 0 Å². The fourth-order valence-corrected chi connectivity index (χ4v) is 0. The van der Waals surface area contributed by atoms with Crippen LogP contribution in [0.5, 0.6) is 0 Å². The first-order valence-electron chi connectivity index (χ1n) is 1.85. The van der Waals surface area contributed by atoms with Crippen molar-refractivity contribution in [3.05, 3.63) is 0 Å². The van der Waals surface area contributed by atoms with Crippen LogP contribution in [-0.4, -0.2) is 0 Å². The molecule has 0 amide bonds. The molecule has 0 bridgehead atoms. The van der Waals surface area contributed by atoms with Crippen LogP contribution in [0.1, 0.15) is 0 Å². The molecule has 0 aromatic carbocycles. The van der Waals surface area contributed by atoms with Crippen molar-refractivity contribution in [3.8, 4) is 0 Å². The van der Waals surface area contributed by atoms with E-state index in [0.717, 1.165) is 0 Å². The fraction of sp³-hybridized carbons (Fsp3) is 0. The Labute approximate surface area is 148 Å². The van der Waals surface area contributed by atoms with Crippen molar-refractivity contribution in [2.75, 3.05) is 0 Å². The van der Waals surface area contributed by atoms with Crippen LogP contribution in [-0.2, 0) is 86.9 Å². The molecule has 0 aliphatic rings. The van der Waals surface area contributed by atoms with Crippen LogP contribution in [0, 0.1) is 0 Å². The molecule has 0 fully saturated rings. The first kappa shape index (κ1) is 31.2. The Bertz CT molecular complexity index is 485. The van der Waals surface area contributed by atoms with Crippen molar-refractivity contribution in [2.24, 2.45) is 0 Å². The summed E-state index contributed by atoms with van der Waals surface area (Å²) in [5.41, 5.74) is 0. The molecule has 0 spiro atoms. The molecule has 0 saturated carbocycles. The summed E-state index contributed by atoms with van der Waals surface area (Å²) < 4.78 is 103. The van der Waals surface area contributed by atoms with Crippen LogP contribution in [0.4, 0.5) is 0 Å². The van der Waals surface area contributed by atoms with Gasteiger partial charge >= 0.3 is 137 Å². The van der Waals surface area contributed by atoms with E-state index in [2.05, 4.69) is 0 Å². The van der Waals surface area contributed by atoms with Crippen LogP contribution in [0.3, 0.4) is 0 Å². The number of rotatable bonds is 0. The minimum atomic E-state index is -5.62. The second-order valence-electron chi connectivity index (χ2n) is 1.13. The maximum atomic E-state index is 8.58. The van der Waals surface area contributed by atoms with Crippen LogP contribution >= 0.6 is 0 Å². The summed E-state index contributed by atoms with van der Waals surface area (Å²) in [6, 6.07) is 0. The van der Waals surface area contributed by atoms with E-state index in [0.29, 0.717) is 0 Å². The van der Waals surface area contributed by atoms with E-state index in [1.165, 1.54) is 0 Å². The molecule has 0 rings (SSSR count). The van der Waals surface area contributed by atoms with Crippen molar-refractivity contribution >= 4 is 13.5 Å². The maximum absolute atomic E-state index is 8.58. The van der Waals surface area contributed by atoms with E-state index in [-0.39, 0.29) is 64.9 Å². The Balaban J connectivity index is -0.0000000400. The van der Waals surface area contributed by atoms with Crippen molar-refractivity contribution in [2.45, 2.75) is 0 Å².